The molecular weight excluding hydrogens is 316 g/mol. The van der Waals surface area contributed by atoms with Crippen LogP contribution in [-0.2, 0) is 16.6 Å². The molecule has 2 aliphatic rings. The lowest BCUT2D eigenvalue weighted by atomic mass is 9.85. The highest BCUT2D eigenvalue weighted by molar-refractivity contribution is 5.85. The minimum atomic E-state index is -0.207. The molecule has 2 amide bonds. The minimum absolute atomic E-state index is 0.0740. The zero-order valence-electron chi connectivity index (χ0n) is 15.7. The van der Waals surface area contributed by atoms with Gasteiger partial charge in [-0.05, 0) is 37.7 Å². The monoisotopic (exact) mass is 346 g/mol. The third-order valence-electron chi connectivity index (χ3n) is 5.65. The van der Waals surface area contributed by atoms with Gasteiger partial charge in [0.2, 0.25) is 11.8 Å². The van der Waals surface area contributed by atoms with Crippen molar-refractivity contribution in [3.05, 3.63) is 18.0 Å². The highest BCUT2D eigenvalue weighted by Crippen LogP contribution is 2.43. The summed E-state index contributed by atoms with van der Waals surface area (Å²) >= 11 is 0. The highest BCUT2D eigenvalue weighted by Gasteiger charge is 2.47. The number of hydrogen-bond acceptors (Lipinski definition) is 3. The Morgan fingerprint density at radius 1 is 1.36 bits per heavy atom. The van der Waals surface area contributed by atoms with E-state index < -0.39 is 0 Å². The van der Waals surface area contributed by atoms with E-state index in [4.69, 9.17) is 0 Å². The van der Waals surface area contributed by atoms with Gasteiger partial charge in [0.25, 0.3) is 0 Å². The molecule has 3 atom stereocenters. The van der Waals surface area contributed by atoms with Crippen LogP contribution in [0.4, 0.5) is 0 Å². The van der Waals surface area contributed by atoms with Gasteiger partial charge in [0, 0.05) is 31.7 Å². The molecule has 1 aromatic heterocycles. The van der Waals surface area contributed by atoms with Crippen molar-refractivity contribution in [2.24, 2.45) is 18.9 Å². The van der Waals surface area contributed by atoms with Gasteiger partial charge in [-0.1, -0.05) is 20.8 Å². The van der Waals surface area contributed by atoms with Crippen molar-refractivity contribution in [3.63, 3.8) is 0 Å². The van der Waals surface area contributed by atoms with Gasteiger partial charge < -0.3 is 10.2 Å². The number of nitrogens with one attached hydrogen (secondary N) is 1. The van der Waals surface area contributed by atoms with Gasteiger partial charge in [-0.15, -0.1) is 0 Å². The average molecular weight is 346 g/mol. The standard InChI is InChI=1S/C19H30N4O2/c1-5-15(12(2)3)21-19(25)14-8-9-17(24)23(13-6-7-13)18(14)16-10-11-20-22(16)4/h10-15,18H,5-9H2,1-4H3,(H,21,25). The molecular formula is C19H30N4O2. The number of aromatic nitrogens is 2. The summed E-state index contributed by atoms with van der Waals surface area (Å²) in [5.41, 5.74) is 0.956. The van der Waals surface area contributed by atoms with Gasteiger partial charge in [0.05, 0.1) is 17.7 Å². The maximum absolute atomic E-state index is 13.1. The van der Waals surface area contributed by atoms with Crippen LogP contribution in [0.3, 0.4) is 0 Å². The lowest BCUT2D eigenvalue weighted by Gasteiger charge is -2.41. The SMILES string of the molecule is CCC(NC(=O)C1CCC(=O)N(C2CC2)C1c1ccnn1C)C(C)C. The first-order valence-corrected chi connectivity index (χ1v) is 9.53. The van der Waals surface area contributed by atoms with E-state index in [9.17, 15) is 9.59 Å². The second-order valence-electron chi connectivity index (χ2n) is 7.77. The van der Waals surface area contributed by atoms with Crippen molar-refractivity contribution < 1.29 is 9.59 Å². The van der Waals surface area contributed by atoms with E-state index in [0.717, 1.165) is 25.0 Å². The first kappa shape index (κ1) is 18.0. The molecule has 1 aliphatic heterocycles. The number of likely N-dealkylation sites (tertiary alicyclic amines) is 1. The van der Waals surface area contributed by atoms with E-state index in [1.807, 2.05) is 18.0 Å². The number of aryl methyl sites for hydroxylation is 1. The molecule has 6 nitrogen and oxygen atoms in total. The Hall–Kier alpha value is -1.85. The predicted molar refractivity (Wildman–Crippen MR) is 95.6 cm³/mol. The van der Waals surface area contributed by atoms with Crippen molar-refractivity contribution in [2.75, 3.05) is 0 Å². The minimum Gasteiger partial charge on any atom is -0.353 e. The summed E-state index contributed by atoms with van der Waals surface area (Å²) in [6.07, 6.45) is 5.81. The van der Waals surface area contributed by atoms with E-state index in [2.05, 4.69) is 31.2 Å². The molecule has 2 heterocycles. The normalized spacial score (nSPS) is 25.3. The molecule has 1 saturated heterocycles. The number of rotatable bonds is 6. The predicted octanol–water partition coefficient (Wildman–Crippen LogP) is 2.41. The highest BCUT2D eigenvalue weighted by atomic mass is 16.2. The van der Waals surface area contributed by atoms with Crippen LogP contribution >= 0.6 is 0 Å². The Kier molecular flexibility index (Phi) is 5.16. The van der Waals surface area contributed by atoms with Gasteiger partial charge in [-0.2, -0.15) is 5.10 Å². The van der Waals surface area contributed by atoms with Crippen LogP contribution in [-0.4, -0.2) is 38.6 Å². The molecule has 2 fully saturated rings. The number of hydrogen-bond donors (Lipinski definition) is 1. The fourth-order valence-electron chi connectivity index (χ4n) is 4.03. The smallest absolute Gasteiger partial charge is 0.225 e. The van der Waals surface area contributed by atoms with Crippen LogP contribution in [0.5, 0.6) is 0 Å². The van der Waals surface area contributed by atoms with Gasteiger partial charge in [-0.25, -0.2) is 0 Å². The fraction of sp³-hybridized carbons (Fsp3) is 0.737. The summed E-state index contributed by atoms with van der Waals surface area (Å²) in [4.78, 5) is 27.7. The van der Waals surface area contributed by atoms with Gasteiger partial charge in [-0.3, -0.25) is 14.3 Å². The van der Waals surface area contributed by atoms with Gasteiger partial charge in [0.15, 0.2) is 0 Å². The summed E-state index contributed by atoms with van der Waals surface area (Å²) in [6.45, 7) is 6.37. The molecule has 0 radical (unpaired) electrons. The lowest BCUT2D eigenvalue weighted by molar-refractivity contribution is -0.144. The van der Waals surface area contributed by atoms with Crippen LogP contribution in [0.2, 0.25) is 0 Å². The molecule has 0 spiro atoms. The number of carbonyl (C=O) groups excluding carboxylic acids is 2. The molecule has 25 heavy (non-hydrogen) atoms. The lowest BCUT2D eigenvalue weighted by Crippen LogP contribution is -2.51. The topological polar surface area (TPSA) is 67.2 Å². The van der Waals surface area contributed by atoms with Crippen molar-refractivity contribution in [3.8, 4) is 0 Å². The maximum Gasteiger partial charge on any atom is 0.225 e. The molecule has 1 saturated carbocycles. The van der Waals surface area contributed by atoms with E-state index in [1.54, 1.807) is 10.9 Å². The number of carbonyl (C=O) groups is 2. The summed E-state index contributed by atoms with van der Waals surface area (Å²) in [5, 5.41) is 7.51. The molecule has 0 aromatic carbocycles. The molecule has 138 valence electrons. The first-order chi connectivity index (χ1) is 11.9. The summed E-state index contributed by atoms with van der Waals surface area (Å²) < 4.78 is 1.80. The van der Waals surface area contributed by atoms with Crippen LogP contribution in [0.25, 0.3) is 0 Å². The third-order valence-corrected chi connectivity index (χ3v) is 5.65. The van der Waals surface area contributed by atoms with Crippen LogP contribution in [0.1, 0.15) is 64.6 Å². The zero-order valence-corrected chi connectivity index (χ0v) is 15.7. The summed E-state index contributed by atoms with van der Waals surface area (Å²) in [5.74, 6) is 0.439. The van der Waals surface area contributed by atoms with Gasteiger partial charge in [0.1, 0.15) is 0 Å². The number of nitrogens with zero attached hydrogens (tertiary/aromatic N) is 3. The average Bonchev–Trinajstić information content (AvgIpc) is 3.32. The van der Waals surface area contributed by atoms with Crippen molar-refractivity contribution in [1.29, 1.82) is 0 Å². The Morgan fingerprint density at radius 2 is 2.08 bits per heavy atom. The van der Waals surface area contributed by atoms with Crippen LogP contribution < -0.4 is 5.32 Å². The molecule has 3 unspecified atom stereocenters. The Labute approximate surface area is 149 Å². The summed E-state index contributed by atoms with van der Waals surface area (Å²) in [7, 11) is 1.89. The van der Waals surface area contributed by atoms with Crippen molar-refractivity contribution in [2.45, 2.75) is 71.0 Å². The molecule has 6 heteroatoms. The number of piperidine rings is 1. The van der Waals surface area contributed by atoms with Crippen molar-refractivity contribution in [1.82, 2.24) is 20.0 Å². The largest absolute Gasteiger partial charge is 0.353 e. The van der Waals surface area contributed by atoms with E-state index in [1.165, 1.54) is 0 Å². The molecule has 3 rings (SSSR count). The second-order valence-corrected chi connectivity index (χ2v) is 7.77. The molecule has 1 N–H and O–H groups in total. The second kappa shape index (κ2) is 7.18. The van der Waals surface area contributed by atoms with Gasteiger partial charge >= 0.3 is 0 Å². The number of amides is 2. The quantitative estimate of drug-likeness (QED) is 0.860. The van der Waals surface area contributed by atoms with E-state index in [-0.39, 0.29) is 35.9 Å². The third kappa shape index (κ3) is 3.58. The fourth-order valence-corrected chi connectivity index (χ4v) is 4.03. The van der Waals surface area contributed by atoms with Crippen LogP contribution in [0, 0.1) is 11.8 Å². The Balaban J connectivity index is 1.89. The summed E-state index contributed by atoms with van der Waals surface area (Å²) in [6, 6.07) is 2.20. The van der Waals surface area contributed by atoms with E-state index >= 15 is 0 Å². The van der Waals surface area contributed by atoms with E-state index in [0.29, 0.717) is 18.8 Å². The van der Waals surface area contributed by atoms with Crippen molar-refractivity contribution >= 4 is 11.8 Å². The van der Waals surface area contributed by atoms with Crippen LogP contribution in [0.15, 0.2) is 12.3 Å². The zero-order chi connectivity index (χ0) is 18.1. The molecule has 0 bridgehead atoms. The molecule has 1 aliphatic carbocycles. The Bertz CT molecular complexity index is 635. The molecule has 1 aromatic rings. The first-order valence-electron chi connectivity index (χ1n) is 9.53. The Morgan fingerprint density at radius 3 is 2.60 bits per heavy atom. The maximum atomic E-state index is 13.1.